The number of aliphatic hydroxyl groups excluding tert-OH is 2. The van der Waals surface area contributed by atoms with E-state index < -0.39 is 9.97 Å². The van der Waals surface area contributed by atoms with Gasteiger partial charge in [0.1, 0.15) is 24.5 Å². The Kier molecular flexibility index (Phi) is 6.26. The summed E-state index contributed by atoms with van der Waals surface area (Å²) in [7, 11) is 1.22. The molecule has 0 spiro atoms. The molecule has 0 bridgehead atoms. The van der Waals surface area contributed by atoms with E-state index in [-0.39, 0.29) is 21.1 Å². The average molecular weight is 260 g/mol. The van der Waals surface area contributed by atoms with Gasteiger partial charge in [-0.2, -0.15) is 17.9 Å². The maximum Gasteiger partial charge on any atom is 0.139 e. The summed E-state index contributed by atoms with van der Waals surface area (Å²) >= 11 is 4.28. The molecule has 0 aliphatic heterocycles. The summed E-state index contributed by atoms with van der Waals surface area (Å²) in [5.74, 6) is 0. The number of hydrogen-bond acceptors (Lipinski definition) is 5. The molecule has 2 atom stereocenters. The Bertz CT molecular complexity index is 299. The first-order valence-corrected chi connectivity index (χ1v) is 6.46. The highest BCUT2D eigenvalue weighted by Crippen LogP contribution is 2.18. The predicted molar refractivity (Wildman–Crippen MR) is 67.4 cm³/mol. The van der Waals surface area contributed by atoms with Gasteiger partial charge in [0.2, 0.25) is 0 Å². The number of rotatable bonds is 6. The maximum absolute atomic E-state index is 9.91. The number of thiol groups is 1. The van der Waals surface area contributed by atoms with E-state index in [9.17, 15) is 5.11 Å². The van der Waals surface area contributed by atoms with Crippen LogP contribution in [0, 0.1) is 11.3 Å². The van der Waals surface area contributed by atoms with Gasteiger partial charge in [0.05, 0.1) is 12.7 Å². The molecule has 0 heterocycles. The van der Waals surface area contributed by atoms with E-state index in [1.165, 1.54) is 7.11 Å². The van der Waals surface area contributed by atoms with E-state index in [2.05, 4.69) is 18.7 Å². The Labute approximate surface area is 104 Å². The predicted octanol–water partition coefficient (Wildman–Crippen LogP) is 0.540. The van der Waals surface area contributed by atoms with Crippen LogP contribution in [0.3, 0.4) is 0 Å². The quantitative estimate of drug-likeness (QED) is 0.481. The van der Waals surface area contributed by atoms with Gasteiger partial charge in [0, 0.05) is 7.11 Å². The molecule has 2 unspecified atom stereocenters. The van der Waals surface area contributed by atoms with Gasteiger partial charge >= 0.3 is 0 Å². The zero-order valence-corrected chi connectivity index (χ0v) is 11.7. The molecule has 0 aliphatic carbocycles. The first kappa shape index (κ1) is 15.6. The van der Waals surface area contributed by atoms with Crippen LogP contribution in [-0.4, -0.2) is 48.4 Å². The molecule has 0 aromatic heterocycles. The van der Waals surface area contributed by atoms with Crippen LogP contribution in [0.2, 0.25) is 0 Å². The average Bonchev–Trinajstić information content (AvgIpc) is 2.28. The monoisotopic (exact) mass is 260 g/mol. The van der Waals surface area contributed by atoms with E-state index >= 15 is 0 Å². The number of hydrogen-bond donors (Lipinski definition) is 3. The molecule has 16 heavy (non-hydrogen) atoms. The van der Waals surface area contributed by atoms with Gasteiger partial charge in [-0.25, -0.2) is 0 Å². The Balaban J connectivity index is 5.08. The molecule has 0 saturated heterocycles. The minimum atomic E-state index is -1.11. The lowest BCUT2D eigenvalue weighted by atomic mass is 10.1. The fraction of sp³-hybridized carbons (Fsp3) is 0.800. The van der Waals surface area contributed by atoms with Crippen molar-refractivity contribution in [3.8, 4) is 6.07 Å². The fourth-order valence-corrected chi connectivity index (χ4v) is 2.88. The highest BCUT2D eigenvalue weighted by molar-refractivity contribution is 7.83. The van der Waals surface area contributed by atoms with E-state index in [0.29, 0.717) is 6.42 Å². The van der Waals surface area contributed by atoms with Crippen LogP contribution in [-0.2, 0) is 4.74 Å². The number of methoxy groups -OCH3 is 1. The second-order valence-corrected chi connectivity index (χ2v) is 6.55. The van der Waals surface area contributed by atoms with Gasteiger partial charge in [0.15, 0.2) is 0 Å². The summed E-state index contributed by atoms with van der Waals surface area (Å²) in [5, 5.41) is 28.1. The molecule has 0 aliphatic rings. The molecular formula is C10H18NO3SSi. The smallest absolute Gasteiger partial charge is 0.139 e. The third kappa shape index (κ3) is 3.90. The molecule has 0 fully saturated rings. The Morgan fingerprint density at radius 2 is 2.19 bits per heavy atom. The Hall–Kier alpha value is -0.353. The summed E-state index contributed by atoms with van der Waals surface area (Å²) in [4.78, 5) is 0. The third-order valence-corrected chi connectivity index (χ3v) is 4.58. The van der Waals surface area contributed by atoms with Crippen molar-refractivity contribution in [3.63, 3.8) is 0 Å². The van der Waals surface area contributed by atoms with E-state index in [0.717, 1.165) is 6.42 Å². The standard InChI is InChI=1S/C10H18NO3SSi/c1-4-5-10(15,6-11)16-8(13)9(2,7-12)14-3/h12-13,15H,4-5,7H2,1-3H3. The van der Waals surface area contributed by atoms with Crippen LogP contribution in [0.25, 0.3) is 0 Å². The first-order chi connectivity index (χ1) is 7.37. The normalized spacial score (nSPS) is 19.6. The maximum atomic E-state index is 9.91. The third-order valence-electron chi connectivity index (χ3n) is 2.38. The molecule has 6 heteroatoms. The van der Waals surface area contributed by atoms with Gasteiger partial charge in [-0.1, -0.05) is 13.3 Å². The molecule has 2 N–H and O–H groups in total. The zero-order valence-electron chi connectivity index (χ0n) is 9.82. The van der Waals surface area contributed by atoms with Crippen molar-refractivity contribution in [2.45, 2.75) is 36.7 Å². The molecule has 4 nitrogen and oxygen atoms in total. The van der Waals surface area contributed by atoms with Gasteiger partial charge in [-0.05, 0) is 13.3 Å². The minimum absolute atomic E-state index is 0.0255. The molecule has 1 radical (unpaired) electrons. The van der Waals surface area contributed by atoms with Crippen LogP contribution < -0.4 is 0 Å². The van der Waals surface area contributed by atoms with Crippen molar-refractivity contribution in [1.82, 2.24) is 0 Å². The zero-order chi connectivity index (χ0) is 12.8. The SMILES string of the molecule is CCCC(S)(C#N)[Si]=C(O)C(C)(CO)OC. The highest BCUT2D eigenvalue weighted by atomic mass is 32.1. The van der Waals surface area contributed by atoms with Crippen LogP contribution in [0.1, 0.15) is 26.7 Å². The van der Waals surface area contributed by atoms with Crippen LogP contribution in [0.15, 0.2) is 0 Å². The highest BCUT2D eigenvalue weighted by Gasteiger charge is 2.32. The molecule has 0 aromatic rings. The number of ether oxygens (including phenoxy) is 1. The van der Waals surface area contributed by atoms with E-state index in [1.807, 2.05) is 6.92 Å². The van der Waals surface area contributed by atoms with Crippen LogP contribution in [0.5, 0.6) is 0 Å². The second-order valence-electron chi connectivity index (χ2n) is 3.79. The van der Waals surface area contributed by atoms with Gasteiger partial charge in [-0.15, -0.1) is 0 Å². The van der Waals surface area contributed by atoms with Crippen molar-refractivity contribution < 1.29 is 14.9 Å². The summed E-state index contributed by atoms with van der Waals surface area (Å²) in [6.07, 6.45) is 1.39. The number of nitrogens with zero attached hydrogens (tertiary/aromatic N) is 1. The van der Waals surface area contributed by atoms with E-state index in [1.54, 1.807) is 6.92 Å². The lowest BCUT2D eigenvalue weighted by Gasteiger charge is -2.27. The molecule has 0 rings (SSSR count). The van der Waals surface area contributed by atoms with Gasteiger partial charge in [0.25, 0.3) is 0 Å². The molecule has 0 amide bonds. The van der Waals surface area contributed by atoms with Crippen molar-refractivity contribution in [1.29, 1.82) is 5.26 Å². The first-order valence-electron chi connectivity index (χ1n) is 5.01. The van der Waals surface area contributed by atoms with Crippen molar-refractivity contribution in [2.24, 2.45) is 0 Å². The van der Waals surface area contributed by atoms with Crippen LogP contribution in [0.4, 0.5) is 0 Å². The van der Waals surface area contributed by atoms with Gasteiger partial charge in [-0.3, -0.25) is 0 Å². The molecule has 0 aromatic carbocycles. The lowest BCUT2D eigenvalue weighted by Crippen LogP contribution is -2.45. The number of nitriles is 1. The van der Waals surface area contributed by atoms with Crippen molar-refractivity contribution in [3.05, 3.63) is 0 Å². The summed E-state index contributed by atoms with van der Waals surface area (Å²) < 4.78 is 4.16. The van der Waals surface area contributed by atoms with Crippen LogP contribution >= 0.6 is 12.6 Å². The largest absolute Gasteiger partial charge is 0.515 e. The summed E-state index contributed by atoms with van der Waals surface area (Å²) in [5.41, 5.74) is -1.11. The molecule has 0 saturated carbocycles. The second kappa shape index (κ2) is 6.40. The summed E-state index contributed by atoms with van der Waals surface area (Å²) in [6.45, 7) is 3.20. The van der Waals surface area contributed by atoms with E-state index in [4.69, 9.17) is 15.1 Å². The molecule has 91 valence electrons. The van der Waals surface area contributed by atoms with Gasteiger partial charge < -0.3 is 14.9 Å². The summed E-state index contributed by atoms with van der Waals surface area (Å²) in [6, 6.07) is 2.09. The minimum Gasteiger partial charge on any atom is -0.515 e. The van der Waals surface area contributed by atoms with Crippen molar-refractivity contribution >= 4 is 27.1 Å². The Morgan fingerprint density at radius 3 is 2.50 bits per heavy atom. The Morgan fingerprint density at radius 1 is 1.62 bits per heavy atom. The number of aliphatic hydroxyl groups is 2. The lowest BCUT2D eigenvalue weighted by molar-refractivity contribution is 0.00636. The fourth-order valence-electron chi connectivity index (χ4n) is 1.07. The van der Waals surface area contributed by atoms with Crippen molar-refractivity contribution in [2.75, 3.05) is 13.7 Å². The topological polar surface area (TPSA) is 73.5 Å². The molecular weight excluding hydrogens is 242 g/mol.